The van der Waals surface area contributed by atoms with E-state index in [-0.39, 0.29) is 11.9 Å². The highest BCUT2D eigenvalue weighted by atomic mass is 16.2. The Hall–Kier alpha value is -0.570. The number of hydrogen-bond acceptors (Lipinski definition) is 2. The normalized spacial score (nSPS) is 41.8. The molecule has 0 bridgehead atoms. The topological polar surface area (TPSA) is 41.1 Å². The lowest BCUT2D eigenvalue weighted by molar-refractivity contribution is -0.125. The summed E-state index contributed by atoms with van der Waals surface area (Å²) in [6.45, 7) is 2.31. The number of amides is 1. The molecular formula is C17H30N2O. The number of nitrogens with one attached hydrogen (secondary N) is 2. The standard InChI is InChI=1S/C17H30N2O/c1-12-5-4-7-14(11-12)18-17(20)16-10-9-13-6-2-3-8-15(13)19-16/h12-16,19H,2-11H2,1H3,(H,18,20). The van der Waals surface area contributed by atoms with Gasteiger partial charge in [0.25, 0.3) is 0 Å². The van der Waals surface area contributed by atoms with Gasteiger partial charge in [0.1, 0.15) is 0 Å². The molecule has 0 spiro atoms. The molecule has 0 radical (unpaired) electrons. The lowest BCUT2D eigenvalue weighted by atomic mass is 9.77. The van der Waals surface area contributed by atoms with Crippen molar-refractivity contribution >= 4 is 5.91 Å². The second-order valence-corrected chi connectivity index (χ2v) is 7.42. The second-order valence-electron chi connectivity index (χ2n) is 7.42. The van der Waals surface area contributed by atoms with E-state index in [1.165, 1.54) is 57.8 Å². The SMILES string of the molecule is CC1CCCC(NC(=O)C2CCC3CCCCC3N2)C1. The summed E-state index contributed by atoms with van der Waals surface area (Å²) in [7, 11) is 0. The van der Waals surface area contributed by atoms with Crippen molar-refractivity contribution < 1.29 is 4.79 Å². The molecule has 3 fully saturated rings. The molecule has 0 aromatic heterocycles. The Morgan fingerprint density at radius 1 is 1.00 bits per heavy atom. The summed E-state index contributed by atoms with van der Waals surface area (Å²) in [5.74, 6) is 1.88. The van der Waals surface area contributed by atoms with Gasteiger partial charge >= 0.3 is 0 Å². The van der Waals surface area contributed by atoms with Crippen LogP contribution in [0.5, 0.6) is 0 Å². The molecule has 0 aromatic carbocycles. The number of fused-ring (bicyclic) bond motifs is 1. The quantitative estimate of drug-likeness (QED) is 0.815. The maximum Gasteiger partial charge on any atom is 0.237 e. The fourth-order valence-corrected chi connectivity index (χ4v) is 4.57. The van der Waals surface area contributed by atoms with Gasteiger partial charge in [-0.25, -0.2) is 0 Å². The molecule has 0 aromatic rings. The number of carbonyl (C=O) groups excluding carboxylic acids is 1. The Morgan fingerprint density at radius 3 is 2.70 bits per heavy atom. The van der Waals surface area contributed by atoms with E-state index in [9.17, 15) is 4.79 Å². The van der Waals surface area contributed by atoms with E-state index in [0.717, 1.165) is 18.3 Å². The second kappa shape index (κ2) is 6.46. The maximum absolute atomic E-state index is 12.5. The monoisotopic (exact) mass is 278 g/mol. The average Bonchev–Trinajstić information content (AvgIpc) is 2.47. The summed E-state index contributed by atoms with van der Waals surface area (Å²) in [4.78, 5) is 12.5. The molecule has 20 heavy (non-hydrogen) atoms. The number of piperidine rings is 1. The largest absolute Gasteiger partial charge is 0.352 e. The van der Waals surface area contributed by atoms with Crippen LogP contribution in [-0.2, 0) is 4.79 Å². The number of carbonyl (C=O) groups is 1. The molecule has 3 nitrogen and oxygen atoms in total. The fraction of sp³-hybridized carbons (Fsp3) is 0.941. The first-order valence-electron chi connectivity index (χ1n) is 8.79. The smallest absolute Gasteiger partial charge is 0.237 e. The molecule has 3 aliphatic rings. The van der Waals surface area contributed by atoms with Gasteiger partial charge in [-0.15, -0.1) is 0 Å². The van der Waals surface area contributed by atoms with Gasteiger partial charge in [0.15, 0.2) is 0 Å². The molecular weight excluding hydrogens is 248 g/mol. The Bertz CT molecular complexity index is 344. The van der Waals surface area contributed by atoms with Crippen LogP contribution in [0.1, 0.15) is 71.1 Å². The van der Waals surface area contributed by atoms with Gasteiger partial charge in [-0.2, -0.15) is 0 Å². The zero-order valence-corrected chi connectivity index (χ0v) is 12.9. The van der Waals surface area contributed by atoms with E-state index in [1.807, 2.05) is 0 Å². The minimum Gasteiger partial charge on any atom is -0.352 e. The number of hydrogen-bond donors (Lipinski definition) is 2. The van der Waals surface area contributed by atoms with Crippen molar-refractivity contribution in [2.24, 2.45) is 11.8 Å². The van der Waals surface area contributed by atoms with Crippen LogP contribution in [0.3, 0.4) is 0 Å². The van der Waals surface area contributed by atoms with Crippen LogP contribution in [0.15, 0.2) is 0 Å². The van der Waals surface area contributed by atoms with E-state index in [1.54, 1.807) is 0 Å². The Balaban J connectivity index is 1.50. The Morgan fingerprint density at radius 2 is 1.85 bits per heavy atom. The van der Waals surface area contributed by atoms with E-state index >= 15 is 0 Å². The zero-order chi connectivity index (χ0) is 13.9. The van der Waals surface area contributed by atoms with Crippen LogP contribution in [0.25, 0.3) is 0 Å². The van der Waals surface area contributed by atoms with E-state index in [0.29, 0.717) is 12.1 Å². The molecule has 1 amide bonds. The van der Waals surface area contributed by atoms with Gasteiger partial charge in [-0.05, 0) is 50.4 Å². The average molecular weight is 278 g/mol. The van der Waals surface area contributed by atoms with Crippen molar-refractivity contribution in [1.82, 2.24) is 10.6 Å². The molecule has 5 atom stereocenters. The van der Waals surface area contributed by atoms with Gasteiger partial charge < -0.3 is 10.6 Å². The molecule has 1 heterocycles. The van der Waals surface area contributed by atoms with Gasteiger partial charge in [0, 0.05) is 12.1 Å². The van der Waals surface area contributed by atoms with Gasteiger partial charge in [-0.3, -0.25) is 4.79 Å². The van der Waals surface area contributed by atoms with Crippen molar-refractivity contribution in [2.75, 3.05) is 0 Å². The van der Waals surface area contributed by atoms with Crippen molar-refractivity contribution in [3.63, 3.8) is 0 Å². The first-order chi connectivity index (χ1) is 9.72. The molecule has 5 unspecified atom stereocenters. The first kappa shape index (κ1) is 14.4. The van der Waals surface area contributed by atoms with Crippen molar-refractivity contribution in [2.45, 2.75) is 89.3 Å². The number of rotatable bonds is 2. The maximum atomic E-state index is 12.5. The summed E-state index contributed by atoms with van der Waals surface area (Å²) in [6, 6.07) is 1.11. The van der Waals surface area contributed by atoms with E-state index in [4.69, 9.17) is 0 Å². The lowest BCUT2D eigenvalue weighted by Gasteiger charge is -2.40. The predicted octanol–water partition coefficient (Wildman–Crippen LogP) is 2.99. The van der Waals surface area contributed by atoms with Crippen LogP contribution in [0.4, 0.5) is 0 Å². The van der Waals surface area contributed by atoms with Crippen molar-refractivity contribution in [3.8, 4) is 0 Å². The van der Waals surface area contributed by atoms with Gasteiger partial charge in [0.2, 0.25) is 5.91 Å². The lowest BCUT2D eigenvalue weighted by Crippen LogP contribution is -2.56. The zero-order valence-electron chi connectivity index (χ0n) is 12.9. The van der Waals surface area contributed by atoms with Crippen LogP contribution >= 0.6 is 0 Å². The third-order valence-electron chi connectivity index (χ3n) is 5.75. The third kappa shape index (κ3) is 3.36. The molecule has 2 N–H and O–H groups in total. The summed E-state index contributed by atoms with van der Waals surface area (Å²) in [6.07, 6.45) is 12.6. The van der Waals surface area contributed by atoms with E-state index in [2.05, 4.69) is 17.6 Å². The minimum absolute atomic E-state index is 0.0755. The molecule has 114 valence electrons. The predicted molar refractivity (Wildman–Crippen MR) is 81.5 cm³/mol. The molecule has 3 rings (SSSR count). The highest BCUT2D eigenvalue weighted by Gasteiger charge is 2.35. The van der Waals surface area contributed by atoms with Gasteiger partial charge in [0.05, 0.1) is 6.04 Å². The minimum atomic E-state index is 0.0755. The van der Waals surface area contributed by atoms with Crippen LogP contribution in [0.2, 0.25) is 0 Å². The summed E-state index contributed by atoms with van der Waals surface area (Å²) >= 11 is 0. The molecule has 2 aliphatic carbocycles. The van der Waals surface area contributed by atoms with Crippen molar-refractivity contribution in [3.05, 3.63) is 0 Å². The molecule has 1 aliphatic heterocycles. The third-order valence-corrected chi connectivity index (χ3v) is 5.75. The highest BCUT2D eigenvalue weighted by molar-refractivity contribution is 5.82. The summed E-state index contributed by atoms with van der Waals surface area (Å²) < 4.78 is 0. The van der Waals surface area contributed by atoms with Crippen LogP contribution in [0, 0.1) is 11.8 Å². The van der Waals surface area contributed by atoms with Crippen molar-refractivity contribution in [1.29, 1.82) is 0 Å². The fourth-order valence-electron chi connectivity index (χ4n) is 4.57. The first-order valence-corrected chi connectivity index (χ1v) is 8.79. The van der Waals surface area contributed by atoms with Crippen LogP contribution < -0.4 is 10.6 Å². The Labute approximate surface area is 123 Å². The summed E-state index contributed by atoms with van der Waals surface area (Å²) in [5.41, 5.74) is 0. The molecule has 1 saturated heterocycles. The summed E-state index contributed by atoms with van der Waals surface area (Å²) in [5, 5.41) is 6.96. The molecule has 2 saturated carbocycles. The van der Waals surface area contributed by atoms with E-state index < -0.39 is 0 Å². The van der Waals surface area contributed by atoms with Gasteiger partial charge in [-0.1, -0.05) is 32.6 Å². The van der Waals surface area contributed by atoms with Crippen LogP contribution in [-0.4, -0.2) is 24.0 Å². The Kier molecular flexibility index (Phi) is 4.65. The molecule has 3 heteroatoms. The highest BCUT2D eigenvalue weighted by Crippen LogP contribution is 2.32.